The molecule has 2 N–H and O–H groups in total. The van der Waals surface area contributed by atoms with Gasteiger partial charge < -0.3 is 15.5 Å². The number of hydrogen-bond donors (Lipinski definition) is 2. The van der Waals surface area contributed by atoms with E-state index < -0.39 is 0 Å². The second-order valence-electron chi connectivity index (χ2n) is 4.63. The molecule has 0 bridgehead atoms. The van der Waals surface area contributed by atoms with E-state index in [4.69, 9.17) is 0 Å². The molecule has 1 rings (SSSR count). The summed E-state index contributed by atoms with van der Waals surface area (Å²) in [6.07, 6.45) is 0. The molecule has 0 aliphatic rings. The van der Waals surface area contributed by atoms with Gasteiger partial charge in [0.2, 0.25) is 0 Å². The second-order valence-corrected chi connectivity index (χ2v) is 4.63. The zero-order chi connectivity index (χ0) is 14.6. The minimum atomic E-state index is 0. The van der Waals surface area contributed by atoms with Gasteiger partial charge in [0.15, 0.2) is 5.96 Å². The number of guanidine groups is 1. The predicted molar refractivity (Wildman–Crippen MR) is 102 cm³/mol. The van der Waals surface area contributed by atoms with Gasteiger partial charge in [-0.2, -0.15) is 0 Å². The molecule has 0 aliphatic carbocycles. The van der Waals surface area contributed by atoms with Gasteiger partial charge in [0.25, 0.3) is 0 Å². The first-order chi connectivity index (χ1) is 9.80. The van der Waals surface area contributed by atoms with Crippen LogP contribution in [0.1, 0.15) is 26.3 Å². The summed E-state index contributed by atoms with van der Waals surface area (Å²) in [5.74, 6) is 0.892. The van der Waals surface area contributed by atoms with Crippen molar-refractivity contribution in [1.82, 2.24) is 15.5 Å². The molecule has 0 atom stereocenters. The number of aliphatic imine (C=N–C) groups is 1. The maximum Gasteiger partial charge on any atom is 0.191 e. The van der Waals surface area contributed by atoms with Gasteiger partial charge in [0.1, 0.15) is 0 Å². The Bertz CT molecular complexity index is 377. The van der Waals surface area contributed by atoms with E-state index in [-0.39, 0.29) is 24.0 Å². The monoisotopic (exact) mass is 404 g/mol. The van der Waals surface area contributed by atoms with Crippen LogP contribution in [0.25, 0.3) is 0 Å². The molecule has 21 heavy (non-hydrogen) atoms. The van der Waals surface area contributed by atoms with E-state index in [0.29, 0.717) is 6.54 Å². The summed E-state index contributed by atoms with van der Waals surface area (Å²) in [5.41, 5.74) is 1.23. The molecule has 1 aromatic rings. The average molecular weight is 404 g/mol. The fraction of sp³-hybridized carbons (Fsp3) is 0.562. The first-order valence-corrected chi connectivity index (χ1v) is 7.58. The van der Waals surface area contributed by atoms with Crippen LogP contribution in [0, 0.1) is 0 Å². The van der Waals surface area contributed by atoms with Crippen molar-refractivity contribution in [3.8, 4) is 0 Å². The molecule has 0 unspecified atom stereocenters. The summed E-state index contributed by atoms with van der Waals surface area (Å²) in [4.78, 5) is 7.00. The number of likely N-dealkylation sites (N-methyl/N-ethyl adjacent to an activating group) is 1. The van der Waals surface area contributed by atoms with Crippen LogP contribution < -0.4 is 10.6 Å². The minimum absolute atomic E-state index is 0. The van der Waals surface area contributed by atoms with Gasteiger partial charge in [-0.05, 0) is 25.6 Å². The maximum absolute atomic E-state index is 4.61. The molecule has 0 radical (unpaired) electrons. The van der Waals surface area contributed by atoms with Crippen molar-refractivity contribution >= 4 is 29.9 Å². The minimum Gasteiger partial charge on any atom is -0.357 e. The molecule has 0 aromatic heterocycles. The lowest BCUT2D eigenvalue weighted by molar-refractivity contribution is 0.308. The molecule has 1 aromatic carbocycles. The van der Waals surface area contributed by atoms with E-state index in [0.717, 1.165) is 38.7 Å². The van der Waals surface area contributed by atoms with E-state index >= 15 is 0 Å². The third-order valence-electron chi connectivity index (χ3n) is 3.22. The standard InChI is InChI=1S/C16H28N4.HI/c1-4-17-16(18-12-13-20(5-2)6-3)19-14-15-10-8-7-9-11-15;/h7-11H,4-6,12-14H2,1-3H3,(H2,17,18,19);1H. The lowest BCUT2D eigenvalue weighted by Gasteiger charge is -2.19. The molecule has 0 saturated carbocycles. The van der Waals surface area contributed by atoms with Crippen LogP contribution in [0.4, 0.5) is 0 Å². The molecule has 0 amide bonds. The van der Waals surface area contributed by atoms with E-state index in [1.165, 1.54) is 5.56 Å². The highest BCUT2D eigenvalue weighted by molar-refractivity contribution is 14.0. The Morgan fingerprint density at radius 1 is 1.05 bits per heavy atom. The quantitative estimate of drug-likeness (QED) is 0.398. The highest BCUT2D eigenvalue weighted by atomic mass is 127. The zero-order valence-corrected chi connectivity index (χ0v) is 15.8. The first kappa shape index (κ1) is 20.2. The summed E-state index contributed by atoms with van der Waals surface area (Å²) >= 11 is 0. The third-order valence-corrected chi connectivity index (χ3v) is 3.22. The number of nitrogens with zero attached hydrogens (tertiary/aromatic N) is 2. The zero-order valence-electron chi connectivity index (χ0n) is 13.4. The van der Waals surface area contributed by atoms with Crippen LogP contribution in [0.2, 0.25) is 0 Å². The summed E-state index contributed by atoms with van der Waals surface area (Å²) in [7, 11) is 0. The molecule has 4 nitrogen and oxygen atoms in total. The molecule has 120 valence electrons. The number of hydrogen-bond acceptors (Lipinski definition) is 2. The van der Waals surface area contributed by atoms with Crippen LogP contribution in [-0.2, 0) is 6.54 Å². The molecule has 5 heteroatoms. The second kappa shape index (κ2) is 12.9. The third kappa shape index (κ3) is 8.93. The highest BCUT2D eigenvalue weighted by Crippen LogP contribution is 1.99. The van der Waals surface area contributed by atoms with Crippen molar-refractivity contribution in [3.05, 3.63) is 35.9 Å². The van der Waals surface area contributed by atoms with Crippen LogP contribution in [0.3, 0.4) is 0 Å². The van der Waals surface area contributed by atoms with E-state index in [1.807, 2.05) is 18.2 Å². The lowest BCUT2D eigenvalue weighted by Crippen LogP contribution is -2.41. The van der Waals surface area contributed by atoms with E-state index in [2.05, 4.69) is 53.4 Å². The molecular weight excluding hydrogens is 375 g/mol. The average Bonchev–Trinajstić information content (AvgIpc) is 2.50. The number of rotatable bonds is 8. The van der Waals surface area contributed by atoms with Gasteiger partial charge in [-0.3, -0.25) is 0 Å². The molecule has 0 heterocycles. The highest BCUT2D eigenvalue weighted by Gasteiger charge is 2.00. The SMILES string of the molecule is CCNC(=NCc1ccccc1)NCCN(CC)CC.I. The fourth-order valence-electron chi connectivity index (χ4n) is 1.97. The Balaban J connectivity index is 0.00000400. The van der Waals surface area contributed by atoms with Crippen LogP contribution in [0.15, 0.2) is 35.3 Å². The van der Waals surface area contributed by atoms with Gasteiger partial charge in [0, 0.05) is 19.6 Å². The largest absolute Gasteiger partial charge is 0.357 e. The van der Waals surface area contributed by atoms with Crippen molar-refractivity contribution in [2.45, 2.75) is 27.3 Å². The Morgan fingerprint density at radius 3 is 2.29 bits per heavy atom. The smallest absolute Gasteiger partial charge is 0.191 e. The lowest BCUT2D eigenvalue weighted by atomic mass is 10.2. The number of halogens is 1. The molecule has 0 aliphatic heterocycles. The van der Waals surface area contributed by atoms with Crippen LogP contribution >= 0.6 is 24.0 Å². The molecular formula is C16H29IN4. The van der Waals surface area contributed by atoms with Gasteiger partial charge in [0.05, 0.1) is 6.54 Å². The van der Waals surface area contributed by atoms with Crippen molar-refractivity contribution < 1.29 is 0 Å². The number of nitrogens with one attached hydrogen (secondary N) is 2. The summed E-state index contributed by atoms with van der Waals surface area (Å²) < 4.78 is 0. The van der Waals surface area contributed by atoms with Crippen LogP contribution in [0.5, 0.6) is 0 Å². The first-order valence-electron chi connectivity index (χ1n) is 7.58. The van der Waals surface area contributed by atoms with Crippen LogP contribution in [-0.4, -0.2) is 43.6 Å². The fourth-order valence-corrected chi connectivity index (χ4v) is 1.97. The summed E-state index contributed by atoms with van der Waals surface area (Å²) in [6.45, 7) is 12.2. The normalized spacial score (nSPS) is 11.1. The Kier molecular flexibility index (Phi) is 12.4. The van der Waals surface area contributed by atoms with Crippen molar-refractivity contribution in [3.63, 3.8) is 0 Å². The Labute approximate surface area is 146 Å². The summed E-state index contributed by atoms with van der Waals surface area (Å²) in [6, 6.07) is 10.3. The van der Waals surface area contributed by atoms with E-state index in [9.17, 15) is 0 Å². The summed E-state index contributed by atoms with van der Waals surface area (Å²) in [5, 5.41) is 6.67. The van der Waals surface area contributed by atoms with Crippen molar-refractivity contribution in [2.75, 3.05) is 32.7 Å². The van der Waals surface area contributed by atoms with Gasteiger partial charge in [-0.15, -0.1) is 24.0 Å². The van der Waals surface area contributed by atoms with Crippen molar-refractivity contribution in [1.29, 1.82) is 0 Å². The van der Waals surface area contributed by atoms with Gasteiger partial charge >= 0.3 is 0 Å². The number of benzene rings is 1. The topological polar surface area (TPSA) is 39.7 Å². The van der Waals surface area contributed by atoms with Gasteiger partial charge in [-0.1, -0.05) is 44.2 Å². The van der Waals surface area contributed by atoms with E-state index in [1.54, 1.807) is 0 Å². The molecule has 0 spiro atoms. The Morgan fingerprint density at radius 2 is 1.71 bits per heavy atom. The molecule has 0 fully saturated rings. The van der Waals surface area contributed by atoms with Gasteiger partial charge in [-0.25, -0.2) is 4.99 Å². The predicted octanol–water partition coefficient (Wildman–Crippen LogP) is 2.70. The van der Waals surface area contributed by atoms with Crippen molar-refractivity contribution in [2.24, 2.45) is 4.99 Å². The maximum atomic E-state index is 4.61. The molecule has 0 saturated heterocycles. The Hall–Kier alpha value is -0.820.